The molecule has 0 bridgehead atoms. The number of furan rings is 2. The lowest BCUT2D eigenvalue weighted by atomic mass is 10.0. The second-order valence-corrected chi connectivity index (χ2v) is 15.2. The highest BCUT2D eigenvalue weighted by molar-refractivity contribution is 6.21. The molecule has 0 amide bonds. The normalized spacial score (nSPS) is 13.1. The smallest absolute Gasteiger partial charge is 0.231 e. The summed E-state index contributed by atoms with van der Waals surface area (Å²) in [6.45, 7) is 0.457. The number of fused-ring (bicyclic) bond motifs is 12. The van der Waals surface area contributed by atoms with Gasteiger partial charge in [-0.3, -0.25) is 0 Å². The zero-order chi connectivity index (χ0) is 39.3. The number of rotatable bonds is 6. The van der Waals surface area contributed by atoms with Gasteiger partial charge in [-0.2, -0.15) is 0 Å². The van der Waals surface area contributed by atoms with Crippen molar-refractivity contribution < 1.29 is 27.8 Å². The molecule has 8 heteroatoms. The van der Waals surface area contributed by atoms with E-state index in [0.29, 0.717) is 0 Å². The van der Waals surface area contributed by atoms with Gasteiger partial charge < -0.3 is 37.6 Å². The van der Waals surface area contributed by atoms with Gasteiger partial charge in [0.15, 0.2) is 23.0 Å². The van der Waals surface area contributed by atoms with Crippen LogP contribution in [0, 0.1) is 0 Å². The molecule has 0 N–H and O–H groups in total. The third kappa shape index (κ3) is 5.04. The van der Waals surface area contributed by atoms with Crippen molar-refractivity contribution >= 4 is 99.5 Å². The van der Waals surface area contributed by atoms with Crippen LogP contribution in [0.4, 0.5) is 34.1 Å². The van der Waals surface area contributed by atoms with Crippen LogP contribution in [0.25, 0.3) is 65.4 Å². The third-order valence-corrected chi connectivity index (χ3v) is 11.8. The Morgan fingerprint density at radius 3 is 1.17 bits per heavy atom. The van der Waals surface area contributed by atoms with Crippen LogP contribution in [0.3, 0.4) is 0 Å². The van der Waals surface area contributed by atoms with E-state index in [1.807, 2.05) is 36.4 Å². The fourth-order valence-corrected chi connectivity index (χ4v) is 8.97. The van der Waals surface area contributed by atoms with Gasteiger partial charge in [0.05, 0.1) is 11.4 Å². The van der Waals surface area contributed by atoms with Crippen LogP contribution in [-0.2, 0) is 0 Å². The summed E-state index contributed by atoms with van der Waals surface area (Å²) >= 11 is 0. The Hall–Kier alpha value is -8.10. The second kappa shape index (κ2) is 12.7. The lowest BCUT2D eigenvalue weighted by Gasteiger charge is -2.26. The second-order valence-electron chi connectivity index (χ2n) is 15.2. The van der Waals surface area contributed by atoms with Gasteiger partial charge in [0.2, 0.25) is 13.6 Å². The summed E-state index contributed by atoms with van der Waals surface area (Å²) in [5, 5.41) is 8.35. The van der Waals surface area contributed by atoms with Crippen molar-refractivity contribution in [1.29, 1.82) is 0 Å². The number of para-hydroxylation sites is 2. The predicted molar refractivity (Wildman–Crippen MR) is 238 cm³/mol. The zero-order valence-corrected chi connectivity index (χ0v) is 31.9. The summed E-state index contributed by atoms with van der Waals surface area (Å²) in [4.78, 5) is 4.46. The van der Waals surface area contributed by atoms with Crippen LogP contribution in [0.1, 0.15) is 0 Å². The minimum absolute atomic E-state index is 0.228. The lowest BCUT2D eigenvalue weighted by molar-refractivity contribution is 0.173. The molecule has 2 aromatic heterocycles. The van der Waals surface area contributed by atoms with Crippen molar-refractivity contribution in [3.63, 3.8) is 0 Å². The highest BCUT2D eigenvalue weighted by Crippen LogP contribution is 2.46. The molecule has 0 unspecified atom stereocenters. The molecule has 4 heterocycles. The molecule has 13 rings (SSSR count). The van der Waals surface area contributed by atoms with Crippen LogP contribution in [0.5, 0.6) is 23.0 Å². The molecule has 0 fully saturated rings. The molecular formula is C52H32N2O6. The van der Waals surface area contributed by atoms with Crippen molar-refractivity contribution in [2.75, 3.05) is 23.4 Å². The van der Waals surface area contributed by atoms with Gasteiger partial charge in [-0.15, -0.1) is 0 Å². The maximum atomic E-state index is 6.75. The summed E-state index contributed by atoms with van der Waals surface area (Å²) in [6.07, 6.45) is 0. The molecule has 0 radical (unpaired) electrons. The van der Waals surface area contributed by atoms with E-state index < -0.39 is 0 Å². The molecule has 0 aliphatic carbocycles. The Bertz CT molecular complexity index is 3290. The van der Waals surface area contributed by atoms with Crippen molar-refractivity contribution in [2.45, 2.75) is 0 Å². The van der Waals surface area contributed by atoms with E-state index in [0.717, 1.165) is 123 Å². The monoisotopic (exact) mass is 780 g/mol. The van der Waals surface area contributed by atoms with Gasteiger partial charge in [-0.1, -0.05) is 48.5 Å². The fraction of sp³-hybridized carbons (Fsp3) is 0.0385. The predicted octanol–water partition coefficient (Wildman–Crippen LogP) is 14.2. The first-order valence-corrected chi connectivity index (χ1v) is 19.9. The van der Waals surface area contributed by atoms with Crippen molar-refractivity contribution in [2.24, 2.45) is 0 Å². The number of ether oxygens (including phenoxy) is 4. The van der Waals surface area contributed by atoms with Crippen molar-refractivity contribution in [3.05, 3.63) is 170 Å². The van der Waals surface area contributed by atoms with E-state index in [1.165, 1.54) is 0 Å². The molecular weight excluding hydrogens is 749 g/mol. The lowest BCUT2D eigenvalue weighted by Crippen LogP contribution is -2.09. The third-order valence-electron chi connectivity index (χ3n) is 11.8. The number of hydrogen-bond acceptors (Lipinski definition) is 8. The van der Waals surface area contributed by atoms with E-state index >= 15 is 0 Å². The standard InChI is InChI=1S/C52H32N2O6/c1-3-7-33(8-4-1)53(37-15-21-45-49(25-37)57-29-55-45)35-13-19-39-31(23-35)11-17-41-43-27-48-44(28-47(43)59-51(39)41)42-18-12-32-24-36(14-20-40(32)52(42)60-48)54(34-9-5-2-6-10-34)38-16-22-46-50(26-38)58-30-56-46/h1-28H,29-30H2. The molecule has 11 aromatic rings. The Labute approximate surface area is 342 Å². The molecule has 0 spiro atoms. The van der Waals surface area contributed by atoms with Crippen LogP contribution in [0.15, 0.2) is 179 Å². The molecule has 8 nitrogen and oxygen atoms in total. The summed E-state index contributed by atoms with van der Waals surface area (Å²) < 4.78 is 36.2. The van der Waals surface area contributed by atoms with Gasteiger partial charge >= 0.3 is 0 Å². The van der Waals surface area contributed by atoms with Gasteiger partial charge in [0.25, 0.3) is 0 Å². The van der Waals surface area contributed by atoms with E-state index in [9.17, 15) is 0 Å². The fourth-order valence-electron chi connectivity index (χ4n) is 8.97. The average molecular weight is 781 g/mol. The van der Waals surface area contributed by atoms with Crippen LogP contribution in [0.2, 0.25) is 0 Å². The van der Waals surface area contributed by atoms with Gasteiger partial charge in [-0.25, -0.2) is 0 Å². The average Bonchev–Trinajstić information content (AvgIpc) is 4.11. The molecule has 2 aliphatic heterocycles. The topological polar surface area (TPSA) is 69.7 Å². The number of nitrogens with zero attached hydrogens (tertiary/aromatic N) is 2. The maximum absolute atomic E-state index is 6.75. The summed E-state index contributed by atoms with van der Waals surface area (Å²) in [6, 6.07) is 58.8. The van der Waals surface area contributed by atoms with E-state index in [2.05, 4.69) is 143 Å². The Morgan fingerprint density at radius 2 is 0.700 bits per heavy atom. The molecule has 0 saturated carbocycles. The Kier molecular flexibility index (Phi) is 6.97. The van der Waals surface area contributed by atoms with Crippen molar-refractivity contribution in [1.82, 2.24) is 0 Å². The molecule has 0 saturated heterocycles. The van der Waals surface area contributed by atoms with Gasteiger partial charge in [-0.05, 0) is 120 Å². The first-order valence-electron chi connectivity index (χ1n) is 19.9. The number of anilines is 6. The summed E-state index contributed by atoms with van der Waals surface area (Å²) in [5.74, 6) is 2.99. The summed E-state index contributed by atoms with van der Waals surface area (Å²) in [7, 11) is 0. The highest BCUT2D eigenvalue weighted by Gasteiger charge is 2.22. The Balaban J connectivity index is 0.899. The Morgan fingerprint density at radius 1 is 0.300 bits per heavy atom. The molecule has 286 valence electrons. The molecule has 9 aromatic carbocycles. The van der Waals surface area contributed by atoms with Crippen LogP contribution in [-0.4, -0.2) is 13.6 Å². The van der Waals surface area contributed by atoms with Crippen LogP contribution < -0.4 is 28.7 Å². The first-order chi connectivity index (χ1) is 29.7. The minimum atomic E-state index is 0.228. The van der Waals surface area contributed by atoms with E-state index in [-0.39, 0.29) is 13.6 Å². The molecule has 60 heavy (non-hydrogen) atoms. The SMILES string of the molecule is c1ccc(N(c2ccc3c(c2)OCO3)c2ccc3c(ccc4c5cc6oc7c8ccc(N(c9ccccc9)c9ccc%10c(c9)OCO%10)cc8ccc7c6cc5oc34)c2)cc1. The number of benzene rings is 9. The number of hydrogen-bond donors (Lipinski definition) is 0. The van der Waals surface area contributed by atoms with E-state index in [4.69, 9.17) is 27.8 Å². The molecule has 0 atom stereocenters. The summed E-state index contributed by atoms with van der Waals surface area (Å²) in [5.41, 5.74) is 9.42. The maximum Gasteiger partial charge on any atom is 0.231 e. The first kappa shape index (κ1) is 32.9. The molecule has 2 aliphatic rings. The van der Waals surface area contributed by atoms with Crippen LogP contribution >= 0.6 is 0 Å². The van der Waals surface area contributed by atoms with Gasteiger partial charge in [0, 0.05) is 67.2 Å². The van der Waals surface area contributed by atoms with Gasteiger partial charge in [0.1, 0.15) is 22.3 Å². The minimum Gasteiger partial charge on any atom is -0.455 e. The quantitative estimate of drug-likeness (QED) is 0.165. The largest absolute Gasteiger partial charge is 0.455 e. The van der Waals surface area contributed by atoms with E-state index in [1.54, 1.807) is 0 Å². The highest BCUT2D eigenvalue weighted by atomic mass is 16.7. The van der Waals surface area contributed by atoms with Crippen molar-refractivity contribution in [3.8, 4) is 23.0 Å². The zero-order valence-electron chi connectivity index (χ0n) is 31.9.